The molecule has 2 aromatic carbocycles. The number of carbonyl (C=O) groups excluding carboxylic acids is 1. The number of likely N-dealkylation sites (tertiary alicyclic amines) is 1. The van der Waals surface area contributed by atoms with Crippen LogP contribution in [0.5, 0.6) is 5.75 Å². The fraction of sp³-hybridized carbons (Fsp3) is 0.394. The number of ether oxygens (including phenoxy) is 2. The Morgan fingerprint density at radius 1 is 1.07 bits per heavy atom. The van der Waals surface area contributed by atoms with Crippen LogP contribution in [0.2, 0.25) is 0 Å². The maximum absolute atomic E-state index is 12.6. The summed E-state index contributed by atoms with van der Waals surface area (Å²) in [5.41, 5.74) is 4.06. The first kappa shape index (κ1) is 30.0. The Morgan fingerprint density at radius 2 is 1.72 bits per heavy atom. The number of benzene rings is 2. The summed E-state index contributed by atoms with van der Waals surface area (Å²) in [4.78, 5) is 37.5. The molecule has 43 heavy (non-hydrogen) atoms. The topological polar surface area (TPSA) is 115 Å². The molecule has 1 aromatic heterocycles. The van der Waals surface area contributed by atoms with E-state index in [0.717, 1.165) is 49.5 Å². The van der Waals surface area contributed by atoms with E-state index in [1.165, 1.54) is 16.8 Å². The van der Waals surface area contributed by atoms with Gasteiger partial charge in [-0.25, -0.2) is 9.78 Å². The number of morpholine rings is 1. The van der Waals surface area contributed by atoms with Crippen LogP contribution >= 0.6 is 0 Å². The Bertz CT molecular complexity index is 1550. The van der Waals surface area contributed by atoms with Crippen molar-refractivity contribution in [1.29, 1.82) is 5.26 Å². The number of amides is 1. The second kappa shape index (κ2) is 14.1. The Morgan fingerprint density at radius 3 is 2.35 bits per heavy atom. The van der Waals surface area contributed by atoms with Gasteiger partial charge in [0, 0.05) is 76.8 Å². The van der Waals surface area contributed by atoms with Gasteiger partial charge in [0.05, 0.1) is 37.2 Å². The molecule has 10 nitrogen and oxygen atoms in total. The van der Waals surface area contributed by atoms with Crippen molar-refractivity contribution in [2.75, 3.05) is 60.0 Å². The summed E-state index contributed by atoms with van der Waals surface area (Å²) in [5.74, 6) is 6.40. The molecule has 5 rings (SSSR count). The summed E-state index contributed by atoms with van der Waals surface area (Å²) in [5, 5.41) is 9.23. The van der Waals surface area contributed by atoms with Gasteiger partial charge < -0.3 is 24.3 Å². The molecule has 1 N–H and O–H groups in total. The molecular formula is C33H36N6O4. The summed E-state index contributed by atoms with van der Waals surface area (Å²) >= 11 is 0. The van der Waals surface area contributed by atoms with Crippen LogP contribution in [0.1, 0.15) is 33.9 Å². The summed E-state index contributed by atoms with van der Waals surface area (Å²) in [7, 11) is 3.11. The van der Waals surface area contributed by atoms with E-state index in [2.05, 4.69) is 61.9 Å². The summed E-state index contributed by atoms with van der Waals surface area (Å²) in [6, 6.07) is 18.8. The molecule has 1 unspecified atom stereocenters. The number of nitrogens with one attached hydrogen (secondary N) is 1. The van der Waals surface area contributed by atoms with Crippen molar-refractivity contribution < 1.29 is 14.3 Å². The number of nitriles is 1. The van der Waals surface area contributed by atoms with E-state index in [9.17, 15) is 14.9 Å². The maximum Gasteiger partial charge on any atom is 0.414 e. The van der Waals surface area contributed by atoms with E-state index in [0.29, 0.717) is 31.7 Å². The number of H-pyrrole nitrogens is 1. The summed E-state index contributed by atoms with van der Waals surface area (Å²) in [6.45, 7) is 6.50. The first-order valence-corrected chi connectivity index (χ1v) is 14.5. The lowest BCUT2D eigenvalue weighted by molar-refractivity contribution is 0.0342. The van der Waals surface area contributed by atoms with Gasteiger partial charge in [-0.2, -0.15) is 5.26 Å². The highest BCUT2D eigenvalue weighted by Gasteiger charge is 2.30. The van der Waals surface area contributed by atoms with Crippen LogP contribution in [0.3, 0.4) is 0 Å². The highest BCUT2D eigenvalue weighted by atomic mass is 16.6. The molecule has 3 heterocycles. The second-order valence-electron chi connectivity index (χ2n) is 11.2. The predicted octanol–water partition coefficient (Wildman–Crippen LogP) is 2.84. The first-order chi connectivity index (χ1) is 20.9. The van der Waals surface area contributed by atoms with Crippen molar-refractivity contribution >= 4 is 6.09 Å². The van der Waals surface area contributed by atoms with Crippen molar-refractivity contribution in [3.05, 3.63) is 93.2 Å². The van der Waals surface area contributed by atoms with Gasteiger partial charge in [0.25, 0.3) is 5.56 Å². The highest BCUT2D eigenvalue weighted by molar-refractivity contribution is 5.70. The van der Waals surface area contributed by atoms with Gasteiger partial charge in [-0.1, -0.05) is 36.1 Å². The third-order valence-corrected chi connectivity index (χ3v) is 7.69. The lowest BCUT2D eigenvalue weighted by Crippen LogP contribution is -2.47. The van der Waals surface area contributed by atoms with Crippen LogP contribution in [0.15, 0.2) is 59.7 Å². The molecule has 2 aliphatic heterocycles. The SMILES string of the molecule is CN(C)C(=O)Oc1c(CC(CN2CC(C#N)C2)c2ccc(C#Cc3ccc(CN4CCOCC4)cc3)cc2)nc[nH]c1=O. The molecule has 0 radical (unpaired) electrons. The molecule has 10 heteroatoms. The Labute approximate surface area is 251 Å². The first-order valence-electron chi connectivity index (χ1n) is 14.5. The highest BCUT2D eigenvalue weighted by Crippen LogP contribution is 2.28. The number of aromatic nitrogens is 2. The Kier molecular flexibility index (Phi) is 9.85. The molecular weight excluding hydrogens is 544 g/mol. The van der Waals surface area contributed by atoms with E-state index in [4.69, 9.17) is 9.47 Å². The Hall–Kier alpha value is -4.48. The lowest BCUT2D eigenvalue weighted by Gasteiger charge is -2.37. The van der Waals surface area contributed by atoms with Gasteiger partial charge in [0.1, 0.15) is 0 Å². The molecule has 222 valence electrons. The normalized spacial score (nSPS) is 16.3. The minimum absolute atomic E-state index is 0.0287. The zero-order valence-electron chi connectivity index (χ0n) is 24.6. The molecule has 2 saturated heterocycles. The van der Waals surface area contributed by atoms with E-state index >= 15 is 0 Å². The molecule has 0 spiro atoms. The fourth-order valence-corrected chi connectivity index (χ4v) is 5.18. The molecule has 2 aliphatic rings. The summed E-state index contributed by atoms with van der Waals surface area (Å²) < 4.78 is 10.8. The van der Waals surface area contributed by atoms with Gasteiger partial charge in [-0.15, -0.1) is 0 Å². The third-order valence-electron chi connectivity index (χ3n) is 7.69. The van der Waals surface area contributed by atoms with Crippen molar-refractivity contribution in [2.45, 2.75) is 18.9 Å². The van der Waals surface area contributed by atoms with Crippen LogP contribution in [0.4, 0.5) is 4.79 Å². The quantitative estimate of drug-likeness (QED) is 0.405. The zero-order valence-corrected chi connectivity index (χ0v) is 24.6. The molecule has 2 fully saturated rings. The van der Waals surface area contributed by atoms with E-state index in [1.54, 1.807) is 14.1 Å². The monoisotopic (exact) mass is 580 g/mol. The smallest absolute Gasteiger partial charge is 0.402 e. The van der Waals surface area contributed by atoms with Gasteiger partial charge in [0.2, 0.25) is 5.75 Å². The van der Waals surface area contributed by atoms with Crippen LogP contribution in [0.25, 0.3) is 0 Å². The van der Waals surface area contributed by atoms with Crippen molar-refractivity contribution in [3.8, 4) is 23.7 Å². The number of carbonyl (C=O) groups is 1. The van der Waals surface area contributed by atoms with Crippen LogP contribution in [0, 0.1) is 29.1 Å². The molecule has 0 bridgehead atoms. The minimum Gasteiger partial charge on any atom is -0.402 e. The Balaban J connectivity index is 1.30. The van der Waals surface area contributed by atoms with Crippen LogP contribution in [-0.4, -0.2) is 90.8 Å². The van der Waals surface area contributed by atoms with E-state index in [-0.39, 0.29) is 17.6 Å². The van der Waals surface area contributed by atoms with Crippen LogP contribution in [-0.2, 0) is 17.7 Å². The summed E-state index contributed by atoms with van der Waals surface area (Å²) in [6.07, 6.45) is 1.06. The lowest BCUT2D eigenvalue weighted by atomic mass is 9.90. The van der Waals surface area contributed by atoms with Gasteiger partial charge in [-0.05, 0) is 35.4 Å². The van der Waals surface area contributed by atoms with Crippen molar-refractivity contribution in [2.24, 2.45) is 5.92 Å². The van der Waals surface area contributed by atoms with Gasteiger partial charge >= 0.3 is 6.09 Å². The molecule has 1 amide bonds. The molecule has 0 aliphatic carbocycles. The number of rotatable bonds is 8. The average molecular weight is 581 g/mol. The van der Waals surface area contributed by atoms with E-state index in [1.807, 2.05) is 24.3 Å². The van der Waals surface area contributed by atoms with Crippen molar-refractivity contribution in [1.82, 2.24) is 24.7 Å². The van der Waals surface area contributed by atoms with Crippen molar-refractivity contribution in [3.63, 3.8) is 0 Å². The van der Waals surface area contributed by atoms with E-state index < -0.39 is 11.7 Å². The maximum atomic E-state index is 12.6. The second-order valence-corrected chi connectivity index (χ2v) is 11.2. The van der Waals surface area contributed by atoms with Gasteiger partial charge in [0.15, 0.2) is 0 Å². The largest absolute Gasteiger partial charge is 0.414 e. The fourth-order valence-electron chi connectivity index (χ4n) is 5.18. The zero-order chi connectivity index (χ0) is 30.2. The van der Waals surface area contributed by atoms with Crippen LogP contribution < -0.4 is 10.3 Å². The average Bonchev–Trinajstić information content (AvgIpc) is 3.00. The number of nitrogens with zero attached hydrogens (tertiary/aromatic N) is 5. The number of aromatic amines is 1. The number of hydrogen-bond donors (Lipinski definition) is 1. The molecule has 3 aromatic rings. The number of hydrogen-bond acceptors (Lipinski definition) is 8. The third kappa shape index (κ3) is 8.08. The predicted molar refractivity (Wildman–Crippen MR) is 162 cm³/mol. The standard InChI is InChI=1S/C33H36N6O4/c1-37(2)33(41)43-31-30(35-23-36-32(31)40)17-29(22-39-20-27(18-34)21-39)28-11-9-25(10-12-28)4-3-24-5-7-26(8-6-24)19-38-13-15-42-16-14-38/h5-12,23,27,29H,13-17,19-22H2,1-2H3,(H,35,36,40). The minimum atomic E-state index is -0.648. The molecule has 0 saturated carbocycles. The van der Waals surface area contributed by atoms with Gasteiger partial charge in [-0.3, -0.25) is 9.69 Å². The molecule has 1 atom stereocenters.